The number of aldehydes is 1. The monoisotopic (exact) mass is 648 g/mol. The Morgan fingerprint density at radius 1 is 1.15 bits per heavy atom. The lowest BCUT2D eigenvalue weighted by Gasteiger charge is -2.26. The third-order valence-corrected chi connectivity index (χ3v) is 9.29. The first kappa shape index (κ1) is 32.7. The second-order valence-corrected chi connectivity index (χ2v) is 13.2. The Morgan fingerprint density at radius 2 is 1.87 bits per heavy atom. The van der Waals surface area contributed by atoms with Gasteiger partial charge in [-0.05, 0) is 49.7 Å². The van der Waals surface area contributed by atoms with Crippen molar-refractivity contribution in [3.63, 3.8) is 0 Å². The Bertz CT molecular complexity index is 1810. The number of hydrogen-bond donors (Lipinski definition) is 2. The van der Waals surface area contributed by atoms with Gasteiger partial charge in [0.2, 0.25) is 0 Å². The Kier molecular flexibility index (Phi) is 9.81. The van der Waals surface area contributed by atoms with E-state index in [2.05, 4.69) is 10.1 Å². The Labute approximate surface area is 265 Å². The molecule has 5 rings (SSSR count). The molecular formula is C33H34FN4O7P. The van der Waals surface area contributed by atoms with Crippen LogP contribution in [0.4, 0.5) is 4.39 Å². The summed E-state index contributed by atoms with van der Waals surface area (Å²) in [6.45, 7) is 3.51. The van der Waals surface area contributed by atoms with Crippen molar-refractivity contribution in [3.05, 3.63) is 101 Å². The van der Waals surface area contributed by atoms with Crippen molar-refractivity contribution in [3.8, 4) is 11.5 Å². The van der Waals surface area contributed by atoms with Crippen LogP contribution in [0.5, 0.6) is 11.5 Å². The SMILES string of the molecule is C[C@H](CN(C)C(=O)c1c2c(c(O)c3ncccc13)C(=O)N(Cc1ccc(F)cc1)C2)OCP(=O)(N[C@@H](C)C=O)Oc1ccccc1. The van der Waals surface area contributed by atoms with Crippen molar-refractivity contribution >= 4 is 36.5 Å². The standard InChI is InChI=1S/C33H34FN4O7P/c1-21(19-39)36-46(43,45-25-8-5-4-6-9-25)20-44-22(2)16-37(3)32(41)28-26-10-7-15-35-30(26)31(40)29-27(28)18-38(33(29)42)17-23-11-13-24(34)14-12-23/h4-15,19,21-22,40H,16-18,20H2,1-3H3,(H,36,43)/t21-,22+,46?/m0/s1. The van der Waals surface area contributed by atoms with Crippen molar-refractivity contribution in [2.45, 2.75) is 39.1 Å². The summed E-state index contributed by atoms with van der Waals surface area (Å²) in [6, 6.07) is 16.8. The molecule has 2 N–H and O–H groups in total. The number of para-hydroxylation sites is 1. The van der Waals surface area contributed by atoms with Crippen LogP contribution in [0.25, 0.3) is 10.9 Å². The van der Waals surface area contributed by atoms with Crippen LogP contribution in [0.15, 0.2) is 72.9 Å². The highest BCUT2D eigenvalue weighted by Gasteiger charge is 2.37. The molecule has 46 heavy (non-hydrogen) atoms. The van der Waals surface area contributed by atoms with Crippen LogP contribution in [0.2, 0.25) is 0 Å². The first-order chi connectivity index (χ1) is 22.0. The second kappa shape index (κ2) is 13.8. The fourth-order valence-corrected chi connectivity index (χ4v) is 7.13. The second-order valence-electron chi connectivity index (χ2n) is 11.2. The zero-order valence-corrected chi connectivity index (χ0v) is 26.4. The minimum absolute atomic E-state index is 0.00346. The van der Waals surface area contributed by atoms with Gasteiger partial charge in [0, 0.05) is 43.8 Å². The van der Waals surface area contributed by atoms with Gasteiger partial charge >= 0.3 is 7.52 Å². The molecule has 0 saturated carbocycles. The van der Waals surface area contributed by atoms with E-state index in [0.717, 1.165) is 0 Å². The van der Waals surface area contributed by atoms with E-state index in [4.69, 9.17) is 9.26 Å². The number of aromatic nitrogens is 1. The van der Waals surface area contributed by atoms with Crippen LogP contribution in [0.1, 0.15) is 45.7 Å². The molecule has 13 heteroatoms. The van der Waals surface area contributed by atoms with Gasteiger partial charge in [-0.1, -0.05) is 36.4 Å². The average Bonchev–Trinajstić information content (AvgIpc) is 3.36. The number of benzene rings is 3. The molecule has 3 aromatic carbocycles. The number of phenolic OH excluding ortho intramolecular Hbond substituents is 1. The molecule has 0 spiro atoms. The zero-order chi connectivity index (χ0) is 33.0. The largest absolute Gasteiger partial charge is 0.505 e. The van der Waals surface area contributed by atoms with E-state index in [1.165, 1.54) is 28.1 Å². The van der Waals surface area contributed by atoms with Crippen molar-refractivity contribution in [1.82, 2.24) is 19.9 Å². The first-order valence-corrected chi connectivity index (χ1v) is 16.4. The molecule has 4 aromatic rings. The van der Waals surface area contributed by atoms with E-state index >= 15 is 0 Å². The summed E-state index contributed by atoms with van der Waals surface area (Å²) < 4.78 is 38.7. The molecule has 0 fully saturated rings. The number of nitrogens with one attached hydrogen (secondary N) is 1. The van der Waals surface area contributed by atoms with Gasteiger partial charge in [0.15, 0.2) is 5.75 Å². The minimum atomic E-state index is -3.69. The molecule has 2 heterocycles. The van der Waals surface area contributed by atoms with Gasteiger partial charge in [-0.3, -0.25) is 19.1 Å². The molecule has 0 aliphatic carbocycles. The van der Waals surface area contributed by atoms with E-state index in [0.29, 0.717) is 28.5 Å². The maximum absolute atomic E-state index is 14.1. The lowest BCUT2D eigenvalue weighted by atomic mass is 9.95. The predicted octanol–water partition coefficient (Wildman–Crippen LogP) is 5.12. The summed E-state index contributed by atoms with van der Waals surface area (Å²) in [5.74, 6) is -1.27. The van der Waals surface area contributed by atoms with Gasteiger partial charge in [0.05, 0.1) is 23.3 Å². The summed E-state index contributed by atoms with van der Waals surface area (Å²) in [6.07, 6.45) is 1.07. The molecule has 3 atom stereocenters. The van der Waals surface area contributed by atoms with E-state index in [1.807, 2.05) is 0 Å². The first-order valence-electron chi connectivity index (χ1n) is 14.6. The maximum Gasteiger partial charge on any atom is 0.342 e. The maximum atomic E-state index is 14.1. The number of nitrogens with zero attached hydrogens (tertiary/aromatic N) is 3. The molecule has 0 radical (unpaired) electrons. The van der Waals surface area contributed by atoms with Gasteiger partial charge in [-0.2, -0.15) is 0 Å². The van der Waals surface area contributed by atoms with Crippen LogP contribution in [0.3, 0.4) is 0 Å². The topological polar surface area (TPSA) is 138 Å². The minimum Gasteiger partial charge on any atom is -0.505 e. The van der Waals surface area contributed by atoms with Crippen molar-refractivity contribution in [2.75, 3.05) is 19.9 Å². The number of likely N-dealkylation sites (N-methyl/N-ethyl adjacent to an activating group) is 1. The number of pyridine rings is 1. The normalized spacial score (nSPS) is 15.2. The van der Waals surface area contributed by atoms with E-state index in [9.17, 15) is 28.4 Å². The van der Waals surface area contributed by atoms with Gasteiger partial charge in [-0.25, -0.2) is 9.48 Å². The molecule has 1 aromatic heterocycles. The van der Waals surface area contributed by atoms with E-state index < -0.39 is 37.3 Å². The molecule has 1 aliphatic rings. The van der Waals surface area contributed by atoms with E-state index in [1.54, 1.807) is 75.5 Å². The number of carbonyl (C=O) groups is 3. The van der Waals surface area contributed by atoms with E-state index in [-0.39, 0.29) is 48.4 Å². The number of aromatic hydroxyl groups is 1. The lowest BCUT2D eigenvalue weighted by molar-refractivity contribution is -0.108. The summed E-state index contributed by atoms with van der Waals surface area (Å²) in [5.41, 5.74) is 1.40. The third kappa shape index (κ3) is 7.09. The summed E-state index contributed by atoms with van der Waals surface area (Å²) in [5, 5.41) is 14.2. The van der Waals surface area contributed by atoms with Crippen LogP contribution in [-0.4, -0.2) is 70.1 Å². The Morgan fingerprint density at radius 3 is 2.57 bits per heavy atom. The molecular weight excluding hydrogens is 614 g/mol. The number of amides is 2. The predicted molar refractivity (Wildman–Crippen MR) is 169 cm³/mol. The average molecular weight is 649 g/mol. The third-order valence-electron chi connectivity index (χ3n) is 7.50. The number of halogens is 1. The summed E-state index contributed by atoms with van der Waals surface area (Å²) in [4.78, 5) is 46.0. The fourth-order valence-electron chi connectivity index (χ4n) is 5.36. The number of rotatable bonds is 13. The highest BCUT2D eigenvalue weighted by Crippen LogP contribution is 2.44. The van der Waals surface area contributed by atoms with Gasteiger partial charge in [0.25, 0.3) is 11.8 Å². The zero-order valence-electron chi connectivity index (χ0n) is 25.6. The van der Waals surface area contributed by atoms with Crippen LogP contribution < -0.4 is 9.61 Å². The number of phenols is 1. The van der Waals surface area contributed by atoms with Gasteiger partial charge in [0.1, 0.15) is 29.7 Å². The lowest BCUT2D eigenvalue weighted by Crippen LogP contribution is -2.36. The summed E-state index contributed by atoms with van der Waals surface area (Å²) in [7, 11) is -2.12. The highest BCUT2D eigenvalue weighted by atomic mass is 31.2. The van der Waals surface area contributed by atoms with Crippen molar-refractivity contribution in [2.24, 2.45) is 0 Å². The van der Waals surface area contributed by atoms with Crippen molar-refractivity contribution < 1.29 is 37.7 Å². The number of carbonyl (C=O) groups excluding carboxylic acids is 3. The van der Waals surface area contributed by atoms with Crippen LogP contribution in [-0.2, 0) is 27.2 Å². The fraction of sp³-hybridized carbons (Fsp3) is 0.273. The molecule has 2 amide bonds. The quantitative estimate of drug-likeness (QED) is 0.149. The molecule has 0 saturated heterocycles. The number of ether oxygens (including phenoxy) is 1. The van der Waals surface area contributed by atoms with Gasteiger partial charge in [-0.15, -0.1) is 0 Å². The number of fused-ring (bicyclic) bond motifs is 2. The molecule has 11 nitrogen and oxygen atoms in total. The Balaban J connectivity index is 1.36. The number of hydrogen-bond acceptors (Lipinski definition) is 8. The molecule has 1 unspecified atom stereocenters. The van der Waals surface area contributed by atoms with Crippen LogP contribution >= 0.6 is 7.52 Å². The molecule has 240 valence electrons. The van der Waals surface area contributed by atoms with Crippen molar-refractivity contribution in [1.29, 1.82) is 0 Å². The molecule has 1 aliphatic heterocycles. The smallest absolute Gasteiger partial charge is 0.342 e. The highest BCUT2D eigenvalue weighted by molar-refractivity contribution is 7.57. The summed E-state index contributed by atoms with van der Waals surface area (Å²) >= 11 is 0. The Hall–Kier alpha value is -4.64. The van der Waals surface area contributed by atoms with Gasteiger partial charge < -0.3 is 29.0 Å². The van der Waals surface area contributed by atoms with Crippen LogP contribution in [0, 0.1) is 5.82 Å². The molecule has 0 bridgehead atoms.